The van der Waals surface area contributed by atoms with Crippen molar-refractivity contribution >= 4 is 23.0 Å². The van der Waals surface area contributed by atoms with E-state index in [9.17, 15) is 5.11 Å². The van der Waals surface area contributed by atoms with Crippen LogP contribution in [0.2, 0.25) is 0 Å². The second-order valence-corrected chi connectivity index (χ2v) is 5.94. The van der Waals surface area contributed by atoms with Gasteiger partial charge < -0.3 is 14.3 Å². The molecule has 3 aromatic rings. The number of ether oxygens (including phenoxy) is 1. The van der Waals surface area contributed by atoms with Crippen LogP contribution in [0.1, 0.15) is 25.1 Å². The smallest absolute Gasteiger partial charge is 0.310 e. The molecule has 0 amide bonds. The molecule has 0 spiro atoms. The van der Waals surface area contributed by atoms with Crippen molar-refractivity contribution in [3.05, 3.63) is 59.8 Å². The molecule has 0 bridgehead atoms. The minimum absolute atomic E-state index is 0.210. The summed E-state index contributed by atoms with van der Waals surface area (Å²) in [7, 11) is 0. The number of hydrogen-bond donors (Lipinski definition) is 1. The zero-order valence-corrected chi connectivity index (χ0v) is 14.6. The normalized spacial score (nSPS) is 14.4. The van der Waals surface area contributed by atoms with Crippen LogP contribution in [0.25, 0.3) is 23.1 Å². The van der Waals surface area contributed by atoms with E-state index >= 15 is 0 Å². The largest absolute Gasteiger partial charge is 0.494 e. The molecule has 130 valence electrons. The van der Waals surface area contributed by atoms with Crippen molar-refractivity contribution in [2.75, 3.05) is 6.61 Å². The molecule has 2 aromatic carbocycles. The number of hydrogen-bond acceptors (Lipinski definition) is 5. The number of aliphatic imine (C=N–C) groups is 1. The topological polar surface area (TPSA) is 67.9 Å². The fourth-order valence-corrected chi connectivity index (χ4v) is 2.96. The monoisotopic (exact) mass is 346 g/mol. The molecule has 0 atom stereocenters. The molecule has 4 rings (SSSR count). The van der Waals surface area contributed by atoms with Crippen LogP contribution >= 0.6 is 0 Å². The van der Waals surface area contributed by atoms with Crippen LogP contribution in [-0.2, 0) is 0 Å². The maximum atomic E-state index is 10.2. The molecule has 0 saturated carbocycles. The van der Waals surface area contributed by atoms with Gasteiger partial charge in [-0.2, -0.15) is 0 Å². The minimum atomic E-state index is -0.210. The zero-order valence-electron chi connectivity index (χ0n) is 14.6. The van der Waals surface area contributed by atoms with E-state index in [-0.39, 0.29) is 5.95 Å². The number of benzene rings is 2. The summed E-state index contributed by atoms with van der Waals surface area (Å²) >= 11 is 0. The summed E-state index contributed by atoms with van der Waals surface area (Å²) in [4.78, 5) is 8.98. The van der Waals surface area contributed by atoms with E-state index in [1.807, 2.05) is 68.5 Å². The van der Waals surface area contributed by atoms with Gasteiger partial charge in [-0.15, -0.1) is 0 Å². The average Bonchev–Trinajstić information content (AvgIpc) is 3.17. The van der Waals surface area contributed by atoms with Gasteiger partial charge in [-0.05, 0) is 50.3 Å². The van der Waals surface area contributed by atoms with Gasteiger partial charge in [0.15, 0.2) is 0 Å². The first-order chi connectivity index (χ1) is 12.7. The van der Waals surface area contributed by atoms with Crippen molar-refractivity contribution in [1.29, 1.82) is 0 Å². The second-order valence-electron chi connectivity index (χ2n) is 5.94. The Bertz CT molecular complexity index is 1010. The molecule has 0 radical (unpaired) electrons. The van der Waals surface area contributed by atoms with E-state index in [1.165, 1.54) is 0 Å². The quantitative estimate of drug-likeness (QED) is 0.714. The summed E-state index contributed by atoms with van der Waals surface area (Å²) < 4.78 is 10.9. The molecule has 0 aliphatic carbocycles. The third-order valence-corrected chi connectivity index (χ3v) is 4.20. The third kappa shape index (κ3) is 2.88. The summed E-state index contributed by atoms with van der Waals surface area (Å²) in [5.74, 6) is 0.931. The van der Waals surface area contributed by atoms with E-state index in [0.717, 1.165) is 33.8 Å². The molecule has 0 unspecified atom stereocenters. The van der Waals surface area contributed by atoms with Gasteiger partial charge in [-0.25, -0.2) is 4.98 Å². The maximum absolute atomic E-state index is 10.2. The predicted octanol–water partition coefficient (Wildman–Crippen LogP) is 5.09. The minimum Gasteiger partial charge on any atom is -0.494 e. The first-order valence-corrected chi connectivity index (χ1v) is 8.45. The van der Waals surface area contributed by atoms with Gasteiger partial charge in [-0.1, -0.05) is 18.2 Å². The number of aromatic nitrogens is 1. The molecule has 1 N–H and O–H groups in total. The van der Waals surface area contributed by atoms with E-state index < -0.39 is 0 Å². The fourth-order valence-electron chi connectivity index (χ4n) is 2.96. The Balaban J connectivity index is 1.68. The van der Waals surface area contributed by atoms with Crippen LogP contribution in [0.3, 0.4) is 0 Å². The molecular formula is C21H18N2O3. The lowest BCUT2D eigenvalue weighted by Gasteiger charge is -2.02. The van der Waals surface area contributed by atoms with E-state index in [2.05, 4.69) is 9.98 Å². The van der Waals surface area contributed by atoms with Crippen molar-refractivity contribution in [3.63, 3.8) is 0 Å². The lowest BCUT2D eigenvalue weighted by atomic mass is 10.0. The average molecular weight is 346 g/mol. The summed E-state index contributed by atoms with van der Waals surface area (Å²) in [6.45, 7) is 4.49. The predicted molar refractivity (Wildman–Crippen MR) is 102 cm³/mol. The number of oxazole rings is 1. The highest BCUT2D eigenvalue weighted by Crippen LogP contribution is 2.37. The van der Waals surface area contributed by atoms with Crippen LogP contribution in [0.15, 0.2) is 57.9 Å². The first-order valence-electron chi connectivity index (χ1n) is 8.45. The molecule has 1 aliphatic heterocycles. The van der Waals surface area contributed by atoms with Crippen molar-refractivity contribution in [1.82, 2.24) is 4.98 Å². The Hall–Kier alpha value is -3.34. The van der Waals surface area contributed by atoms with Gasteiger partial charge >= 0.3 is 5.95 Å². The van der Waals surface area contributed by atoms with Crippen molar-refractivity contribution < 1.29 is 14.3 Å². The SMILES string of the molecule is CCOc1ccc(-c2nc(/C=C3\C(C)=Nc4ccccc43)c(O)o2)cc1. The highest BCUT2D eigenvalue weighted by molar-refractivity contribution is 6.31. The highest BCUT2D eigenvalue weighted by Gasteiger charge is 2.20. The lowest BCUT2D eigenvalue weighted by molar-refractivity contribution is 0.336. The molecule has 1 aliphatic rings. The third-order valence-electron chi connectivity index (χ3n) is 4.20. The van der Waals surface area contributed by atoms with Crippen LogP contribution in [0.4, 0.5) is 5.69 Å². The number of fused-ring (bicyclic) bond motifs is 1. The first kappa shape index (κ1) is 16.1. The van der Waals surface area contributed by atoms with Crippen molar-refractivity contribution in [2.24, 2.45) is 4.99 Å². The van der Waals surface area contributed by atoms with Crippen LogP contribution < -0.4 is 4.74 Å². The molecule has 26 heavy (non-hydrogen) atoms. The maximum Gasteiger partial charge on any atom is 0.310 e. The molecular weight excluding hydrogens is 328 g/mol. The van der Waals surface area contributed by atoms with Gasteiger partial charge in [0, 0.05) is 22.4 Å². The highest BCUT2D eigenvalue weighted by atomic mass is 16.5. The Kier molecular flexibility index (Phi) is 4.05. The summed E-state index contributed by atoms with van der Waals surface area (Å²) in [5.41, 5.74) is 4.92. The van der Waals surface area contributed by atoms with E-state index in [1.54, 1.807) is 0 Å². The Morgan fingerprint density at radius 2 is 1.88 bits per heavy atom. The number of rotatable bonds is 4. The van der Waals surface area contributed by atoms with Gasteiger partial charge in [0.05, 0.1) is 12.3 Å². The summed E-state index contributed by atoms with van der Waals surface area (Å²) in [6, 6.07) is 15.3. The van der Waals surface area contributed by atoms with Crippen LogP contribution in [0.5, 0.6) is 11.7 Å². The van der Waals surface area contributed by atoms with Gasteiger partial charge in [0.2, 0.25) is 5.89 Å². The number of allylic oxidation sites excluding steroid dienone is 1. The molecule has 5 heteroatoms. The van der Waals surface area contributed by atoms with Crippen LogP contribution in [-0.4, -0.2) is 22.4 Å². The van der Waals surface area contributed by atoms with Gasteiger partial charge in [0.25, 0.3) is 0 Å². The zero-order chi connectivity index (χ0) is 18.1. The van der Waals surface area contributed by atoms with Gasteiger partial charge in [0.1, 0.15) is 11.4 Å². The second kappa shape index (κ2) is 6.52. The molecule has 5 nitrogen and oxygen atoms in total. The van der Waals surface area contributed by atoms with Crippen molar-refractivity contribution in [3.8, 4) is 23.1 Å². The van der Waals surface area contributed by atoms with E-state index in [0.29, 0.717) is 18.2 Å². The summed E-state index contributed by atoms with van der Waals surface area (Å²) in [5, 5.41) is 10.2. The number of aromatic hydroxyl groups is 1. The molecule has 2 heterocycles. The summed E-state index contributed by atoms with van der Waals surface area (Å²) in [6.07, 6.45) is 1.81. The van der Waals surface area contributed by atoms with Crippen LogP contribution in [0, 0.1) is 0 Å². The Morgan fingerprint density at radius 3 is 2.65 bits per heavy atom. The fraction of sp³-hybridized carbons (Fsp3) is 0.143. The lowest BCUT2D eigenvalue weighted by Crippen LogP contribution is -1.91. The number of nitrogens with zero attached hydrogens (tertiary/aromatic N) is 2. The molecule has 0 saturated heterocycles. The van der Waals surface area contributed by atoms with E-state index in [4.69, 9.17) is 9.15 Å². The Labute approximate surface area is 151 Å². The molecule has 1 aromatic heterocycles. The molecule has 0 fully saturated rings. The Morgan fingerprint density at radius 1 is 1.12 bits per heavy atom. The standard InChI is InChI=1S/C21H18N2O3/c1-3-25-15-10-8-14(9-11-15)20-23-19(21(24)26-20)12-17-13(2)22-18-7-5-4-6-16(17)18/h4-12,24H,3H2,1-2H3/b17-12+. The number of para-hydroxylation sites is 1. The van der Waals surface area contributed by atoms with Gasteiger partial charge in [-0.3, -0.25) is 4.99 Å². The van der Waals surface area contributed by atoms with Crippen molar-refractivity contribution in [2.45, 2.75) is 13.8 Å².